The van der Waals surface area contributed by atoms with Gasteiger partial charge in [-0.15, -0.1) is 0 Å². The van der Waals surface area contributed by atoms with Crippen molar-refractivity contribution in [2.45, 2.75) is 98.5 Å². The summed E-state index contributed by atoms with van der Waals surface area (Å²) in [5.41, 5.74) is 4.85. The molecule has 0 bridgehead atoms. The van der Waals surface area contributed by atoms with Crippen molar-refractivity contribution >= 4 is 22.3 Å². The first-order valence-electron chi connectivity index (χ1n) is 16.1. The largest absolute Gasteiger partial charge is 0.497 e. The third-order valence-electron chi connectivity index (χ3n) is 8.53. The van der Waals surface area contributed by atoms with Gasteiger partial charge in [0.2, 0.25) is 0 Å². The minimum absolute atomic E-state index is 0.0193. The zero-order chi connectivity index (χ0) is 31.8. The number of alkyl halides is 2. The SMILES string of the molecule is CCCCCCCCCCn1cc(-c2cc(C)c(N(CCC)c3cc(OC)cc4c3cc(C)c(=O)n4C)cc2C(F)F)cn1. The van der Waals surface area contributed by atoms with Crippen LogP contribution < -0.4 is 15.2 Å². The lowest BCUT2D eigenvalue weighted by Crippen LogP contribution is -2.23. The first-order valence-corrected chi connectivity index (χ1v) is 16.1. The summed E-state index contributed by atoms with van der Waals surface area (Å²) in [7, 11) is 3.33. The molecule has 8 heteroatoms. The summed E-state index contributed by atoms with van der Waals surface area (Å²) in [5, 5.41) is 5.38. The summed E-state index contributed by atoms with van der Waals surface area (Å²) in [6.07, 6.45) is 11.6. The highest BCUT2D eigenvalue weighted by atomic mass is 19.3. The average Bonchev–Trinajstić information content (AvgIpc) is 3.48. The number of anilines is 2. The fourth-order valence-corrected chi connectivity index (χ4v) is 6.08. The number of aromatic nitrogens is 3. The number of hydrogen-bond acceptors (Lipinski definition) is 4. The van der Waals surface area contributed by atoms with E-state index in [1.807, 2.05) is 42.1 Å². The number of ether oxygens (including phenoxy) is 1. The Labute approximate surface area is 260 Å². The van der Waals surface area contributed by atoms with Crippen LogP contribution in [0.15, 0.2) is 47.5 Å². The molecule has 0 radical (unpaired) electrons. The topological polar surface area (TPSA) is 52.3 Å². The Bertz CT molecular complexity index is 1610. The number of aryl methyl sites for hydroxylation is 4. The minimum atomic E-state index is -2.66. The second-order valence-electron chi connectivity index (χ2n) is 11.9. The van der Waals surface area contributed by atoms with E-state index in [4.69, 9.17) is 4.74 Å². The van der Waals surface area contributed by atoms with Gasteiger partial charge in [0.1, 0.15) is 5.75 Å². The Morgan fingerprint density at radius 1 is 0.886 bits per heavy atom. The molecule has 0 unspecified atom stereocenters. The van der Waals surface area contributed by atoms with Crippen molar-refractivity contribution < 1.29 is 13.5 Å². The van der Waals surface area contributed by atoms with E-state index in [1.54, 1.807) is 37.9 Å². The first-order chi connectivity index (χ1) is 21.2. The Morgan fingerprint density at radius 2 is 1.59 bits per heavy atom. The second-order valence-corrected chi connectivity index (χ2v) is 11.9. The van der Waals surface area contributed by atoms with E-state index in [0.717, 1.165) is 48.0 Å². The van der Waals surface area contributed by atoms with Gasteiger partial charge in [-0.05, 0) is 56.0 Å². The fraction of sp³-hybridized carbons (Fsp3) is 0.500. The van der Waals surface area contributed by atoms with Crippen molar-refractivity contribution in [2.24, 2.45) is 7.05 Å². The maximum atomic E-state index is 14.7. The molecule has 44 heavy (non-hydrogen) atoms. The summed E-state index contributed by atoms with van der Waals surface area (Å²) in [5.74, 6) is 0.597. The number of rotatable bonds is 16. The molecule has 4 aromatic rings. The number of pyridine rings is 1. The van der Waals surface area contributed by atoms with Gasteiger partial charge in [-0.2, -0.15) is 5.10 Å². The maximum Gasteiger partial charge on any atom is 0.264 e. The molecule has 2 aromatic heterocycles. The van der Waals surface area contributed by atoms with Crippen LogP contribution in [0.1, 0.15) is 94.8 Å². The van der Waals surface area contributed by atoms with Crippen LogP contribution in [0.3, 0.4) is 0 Å². The lowest BCUT2D eigenvalue weighted by Gasteiger charge is -2.29. The fourth-order valence-electron chi connectivity index (χ4n) is 6.08. The van der Waals surface area contributed by atoms with Crippen LogP contribution in [-0.2, 0) is 13.6 Å². The number of unbranched alkanes of at least 4 members (excludes halogenated alkanes) is 7. The molecule has 0 atom stereocenters. The van der Waals surface area contributed by atoms with Crippen LogP contribution in [0.5, 0.6) is 5.75 Å². The van der Waals surface area contributed by atoms with Gasteiger partial charge in [0.25, 0.3) is 12.0 Å². The Morgan fingerprint density at radius 3 is 2.25 bits per heavy atom. The van der Waals surface area contributed by atoms with Crippen molar-refractivity contribution in [1.82, 2.24) is 14.3 Å². The molecule has 0 amide bonds. The molecule has 0 saturated heterocycles. The molecule has 4 rings (SSSR count). The second kappa shape index (κ2) is 15.4. The van der Waals surface area contributed by atoms with Crippen molar-refractivity contribution in [3.8, 4) is 16.9 Å². The molecule has 0 aliphatic rings. The lowest BCUT2D eigenvalue weighted by atomic mass is 9.97. The Hall–Kier alpha value is -3.68. The summed E-state index contributed by atoms with van der Waals surface area (Å²) >= 11 is 0. The molecule has 0 N–H and O–H groups in total. The molecule has 2 aromatic carbocycles. The summed E-state index contributed by atoms with van der Waals surface area (Å²) < 4.78 is 38.5. The van der Waals surface area contributed by atoms with Gasteiger partial charge in [-0.1, -0.05) is 58.8 Å². The quantitative estimate of drug-likeness (QED) is 0.119. The van der Waals surface area contributed by atoms with Crippen molar-refractivity contribution in [1.29, 1.82) is 0 Å². The van der Waals surface area contributed by atoms with Gasteiger partial charge in [0.05, 0.1) is 24.5 Å². The predicted octanol–water partition coefficient (Wildman–Crippen LogP) is 9.65. The number of methoxy groups -OCH3 is 1. The minimum Gasteiger partial charge on any atom is -0.497 e. The molecular formula is C36H48F2N4O2. The van der Waals surface area contributed by atoms with E-state index in [0.29, 0.717) is 34.7 Å². The number of nitrogens with zero attached hydrogens (tertiary/aromatic N) is 4. The molecule has 0 fully saturated rings. The molecular weight excluding hydrogens is 558 g/mol. The van der Waals surface area contributed by atoms with Crippen LogP contribution in [-0.4, -0.2) is 28.0 Å². The van der Waals surface area contributed by atoms with Crippen molar-refractivity contribution in [3.63, 3.8) is 0 Å². The van der Waals surface area contributed by atoms with Crippen molar-refractivity contribution in [3.05, 3.63) is 69.8 Å². The summed E-state index contributed by atoms with van der Waals surface area (Å²) in [6, 6.07) is 9.14. The molecule has 0 saturated carbocycles. The highest BCUT2D eigenvalue weighted by molar-refractivity contribution is 5.96. The van der Waals surface area contributed by atoms with Crippen LogP contribution in [0.2, 0.25) is 0 Å². The lowest BCUT2D eigenvalue weighted by molar-refractivity contribution is 0.152. The number of halogens is 2. The van der Waals surface area contributed by atoms with Crippen LogP contribution in [0, 0.1) is 13.8 Å². The van der Waals surface area contributed by atoms with E-state index in [2.05, 4.69) is 23.8 Å². The van der Waals surface area contributed by atoms with E-state index in [-0.39, 0.29) is 11.1 Å². The Kier molecular flexibility index (Phi) is 11.6. The van der Waals surface area contributed by atoms with E-state index >= 15 is 0 Å². The van der Waals surface area contributed by atoms with Crippen molar-refractivity contribution in [2.75, 3.05) is 18.6 Å². The average molecular weight is 607 g/mol. The van der Waals surface area contributed by atoms with Gasteiger partial charge in [0.15, 0.2) is 0 Å². The highest BCUT2D eigenvalue weighted by Crippen LogP contribution is 2.41. The Balaban J connectivity index is 1.67. The van der Waals surface area contributed by atoms with Crippen LogP contribution in [0.4, 0.5) is 20.2 Å². The van der Waals surface area contributed by atoms with Crippen LogP contribution >= 0.6 is 0 Å². The molecule has 238 valence electrons. The molecule has 2 heterocycles. The number of fused-ring (bicyclic) bond motifs is 1. The third-order valence-corrected chi connectivity index (χ3v) is 8.53. The monoisotopic (exact) mass is 606 g/mol. The first kappa shape index (κ1) is 33.2. The zero-order valence-electron chi connectivity index (χ0n) is 27.3. The van der Waals surface area contributed by atoms with Gasteiger partial charge < -0.3 is 14.2 Å². The smallest absolute Gasteiger partial charge is 0.264 e. The highest BCUT2D eigenvalue weighted by Gasteiger charge is 2.23. The van der Waals surface area contributed by atoms with E-state index in [1.165, 1.54) is 38.5 Å². The normalized spacial score (nSPS) is 11.6. The predicted molar refractivity (Wildman–Crippen MR) is 178 cm³/mol. The number of hydrogen-bond donors (Lipinski definition) is 0. The van der Waals surface area contributed by atoms with E-state index in [9.17, 15) is 13.6 Å². The van der Waals surface area contributed by atoms with Crippen LogP contribution in [0.25, 0.3) is 22.0 Å². The maximum absolute atomic E-state index is 14.7. The standard InChI is InChI=1S/C36H48F2N4O2/c1-7-9-10-11-12-13-14-15-17-41-24-27(23-39-41)29-18-25(3)32(22-30(29)35(37)38)42(16-8-2)34-21-28(44-6)20-33-31(34)19-26(4)36(43)40(33)5/h18-24,35H,7-17H2,1-6H3. The molecule has 0 spiro atoms. The zero-order valence-corrected chi connectivity index (χ0v) is 27.3. The van der Waals surface area contributed by atoms with Gasteiger partial charge >= 0.3 is 0 Å². The summed E-state index contributed by atoms with van der Waals surface area (Å²) in [4.78, 5) is 14.8. The van der Waals surface area contributed by atoms with E-state index < -0.39 is 6.43 Å². The molecule has 6 nitrogen and oxygen atoms in total. The molecule has 0 aliphatic heterocycles. The van der Waals surface area contributed by atoms with Gasteiger partial charge in [-0.3, -0.25) is 9.48 Å². The van der Waals surface area contributed by atoms with Gasteiger partial charge in [0, 0.05) is 66.2 Å². The molecule has 0 aliphatic carbocycles. The third kappa shape index (κ3) is 7.51. The van der Waals surface area contributed by atoms with Gasteiger partial charge in [-0.25, -0.2) is 8.78 Å². The number of benzene rings is 2. The summed E-state index contributed by atoms with van der Waals surface area (Å²) in [6.45, 7) is 9.44.